The van der Waals surface area contributed by atoms with Crippen LogP contribution in [-0.4, -0.2) is 31.6 Å². The summed E-state index contributed by atoms with van der Waals surface area (Å²) in [6.07, 6.45) is 0. The van der Waals surface area contributed by atoms with E-state index in [-0.39, 0.29) is 6.61 Å². The smallest absolute Gasteiger partial charge is 0.338 e. The molecular formula is C17H15Cl2NO4. The lowest BCUT2D eigenvalue weighted by atomic mass is 10.2. The number of rotatable bonds is 7. The molecule has 0 saturated carbocycles. The van der Waals surface area contributed by atoms with Crippen LogP contribution in [0.4, 0.5) is 0 Å². The quantitative estimate of drug-likeness (QED) is 0.601. The van der Waals surface area contributed by atoms with Gasteiger partial charge in [0.2, 0.25) is 0 Å². The highest BCUT2D eigenvalue weighted by atomic mass is 35.5. The molecule has 0 aromatic heterocycles. The van der Waals surface area contributed by atoms with Gasteiger partial charge in [0.05, 0.1) is 12.1 Å². The van der Waals surface area contributed by atoms with Crippen molar-refractivity contribution in [2.45, 2.75) is 0 Å². The Morgan fingerprint density at radius 1 is 0.917 bits per heavy atom. The van der Waals surface area contributed by atoms with Crippen molar-refractivity contribution in [1.29, 1.82) is 0 Å². The Hall–Kier alpha value is -2.24. The maximum Gasteiger partial charge on any atom is 0.338 e. The topological polar surface area (TPSA) is 64.6 Å². The third kappa shape index (κ3) is 6.10. The molecule has 0 atom stereocenters. The number of hydrogen-bond acceptors (Lipinski definition) is 4. The first-order valence-corrected chi connectivity index (χ1v) is 7.88. The molecule has 0 radical (unpaired) electrons. The largest absolute Gasteiger partial charge is 0.492 e. The van der Waals surface area contributed by atoms with Crippen LogP contribution in [-0.2, 0) is 9.53 Å². The fourth-order valence-electron chi connectivity index (χ4n) is 1.74. The van der Waals surface area contributed by atoms with Gasteiger partial charge in [0.1, 0.15) is 12.4 Å². The Bertz CT molecular complexity index is 687. The molecule has 0 aliphatic rings. The van der Waals surface area contributed by atoms with Gasteiger partial charge in [-0.15, -0.1) is 0 Å². The molecule has 0 fully saturated rings. The number of benzene rings is 2. The molecule has 0 aliphatic carbocycles. The number of nitrogens with one attached hydrogen (secondary N) is 1. The third-order valence-corrected chi connectivity index (χ3v) is 3.42. The van der Waals surface area contributed by atoms with Crippen LogP contribution in [0.5, 0.6) is 5.75 Å². The monoisotopic (exact) mass is 367 g/mol. The van der Waals surface area contributed by atoms with Crippen molar-refractivity contribution < 1.29 is 19.1 Å². The zero-order valence-corrected chi connectivity index (χ0v) is 14.1. The molecule has 0 bridgehead atoms. The van der Waals surface area contributed by atoms with Crippen molar-refractivity contribution in [2.75, 3.05) is 19.8 Å². The Morgan fingerprint density at radius 3 is 2.12 bits per heavy atom. The predicted molar refractivity (Wildman–Crippen MR) is 91.7 cm³/mol. The summed E-state index contributed by atoms with van der Waals surface area (Å²) < 4.78 is 10.3. The van der Waals surface area contributed by atoms with Crippen molar-refractivity contribution in [2.24, 2.45) is 0 Å². The van der Waals surface area contributed by atoms with Crippen LogP contribution < -0.4 is 10.1 Å². The van der Waals surface area contributed by atoms with Crippen LogP contribution in [0.25, 0.3) is 0 Å². The zero-order valence-electron chi connectivity index (χ0n) is 12.6. The lowest BCUT2D eigenvalue weighted by Crippen LogP contribution is -2.32. The third-order valence-electron chi connectivity index (χ3n) is 2.92. The van der Waals surface area contributed by atoms with E-state index >= 15 is 0 Å². The van der Waals surface area contributed by atoms with Crippen LogP contribution in [0.3, 0.4) is 0 Å². The summed E-state index contributed by atoms with van der Waals surface area (Å²) >= 11 is 11.5. The molecule has 5 nitrogen and oxygen atoms in total. The molecule has 2 aromatic rings. The minimum atomic E-state index is -0.584. The van der Waals surface area contributed by atoms with E-state index in [1.807, 2.05) is 0 Å². The molecular weight excluding hydrogens is 353 g/mol. The summed E-state index contributed by atoms with van der Waals surface area (Å²) in [5.74, 6) is -0.334. The summed E-state index contributed by atoms with van der Waals surface area (Å²) in [6, 6.07) is 13.1. The normalized spacial score (nSPS) is 10.1. The van der Waals surface area contributed by atoms with E-state index in [9.17, 15) is 9.59 Å². The van der Waals surface area contributed by atoms with Crippen LogP contribution in [0.2, 0.25) is 10.0 Å². The zero-order chi connectivity index (χ0) is 17.4. The number of ether oxygens (including phenoxy) is 2. The molecule has 0 saturated heterocycles. The number of amides is 1. The summed E-state index contributed by atoms with van der Waals surface area (Å²) in [5, 5.41) is 3.73. The first-order chi connectivity index (χ1) is 11.5. The second kappa shape index (κ2) is 9.15. The van der Waals surface area contributed by atoms with Gasteiger partial charge in [-0.2, -0.15) is 0 Å². The Labute approximate surface area is 149 Å². The maximum absolute atomic E-state index is 11.7. The molecule has 24 heavy (non-hydrogen) atoms. The summed E-state index contributed by atoms with van der Waals surface area (Å²) in [6.45, 7) is 0.223. The average molecular weight is 368 g/mol. The van der Waals surface area contributed by atoms with E-state index in [1.165, 1.54) is 12.1 Å². The first kappa shape index (κ1) is 18.1. The van der Waals surface area contributed by atoms with E-state index < -0.39 is 11.9 Å². The lowest BCUT2D eigenvalue weighted by molar-refractivity contribution is -0.124. The highest BCUT2D eigenvalue weighted by molar-refractivity contribution is 6.30. The van der Waals surface area contributed by atoms with Crippen molar-refractivity contribution in [3.05, 3.63) is 64.1 Å². The van der Waals surface area contributed by atoms with E-state index in [1.54, 1.807) is 36.4 Å². The standard InChI is InChI=1S/C17H15Cl2NO4/c18-13-3-1-12(2-4-13)17(22)24-11-16(21)20-9-10-23-15-7-5-14(19)6-8-15/h1-8H,9-11H2,(H,20,21). The Kier molecular flexibility index (Phi) is 6.90. The predicted octanol–water partition coefficient (Wildman–Crippen LogP) is 3.35. The van der Waals surface area contributed by atoms with Gasteiger partial charge in [-0.25, -0.2) is 4.79 Å². The molecule has 1 N–H and O–H groups in total. The minimum Gasteiger partial charge on any atom is -0.492 e. The van der Waals surface area contributed by atoms with Gasteiger partial charge in [0.15, 0.2) is 6.61 Å². The molecule has 2 aromatic carbocycles. The van der Waals surface area contributed by atoms with Crippen LogP contribution in [0.15, 0.2) is 48.5 Å². The minimum absolute atomic E-state index is 0.290. The van der Waals surface area contributed by atoms with Crippen molar-refractivity contribution in [3.63, 3.8) is 0 Å². The Balaban J connectivity index is 1.63. The average Bonchev–Trinajstić information content (AvgIpc) is 2.59. The van der Waals surface area contributed by atoms with Gasteiger partial charge in [0, 0.05) is 10.0 Å². The molecule has 0 spiro atoms. The second-order valence-corrected chi connectivity index (χ2v) is 5.61. The van der Waals surface area contributed by atoms with Gasteiger partial charge >= 0.3 is 5.97 Å². The molecule has 2 rings (SSSR count). The molecule has 126 valence electrons. The number of carbonyl (C=O) groups excluding carboxylic acids is 2. The van der Waals surface area contributed by atoms with Gasteiger partial charge in [-0.3, -0.25) is 4.79 Å². The number of halogens is 2. The second-order valence-electron chi connectivity index (χ2n) is 4.74. The van der Waals surface area contributed by atoms with Gasteiger partial charge in [-0.1, -0.05) is 23.2 Å². The van der Waals surface area contributed by atoms with Crippen LogP contribution >= 0.6 is 23.2 Å². The molecule has 0 aliphatic heterocycles. The van der Waals surface area contributed by atoms with E-state index in [2.05, 4.69) is 5.32 Å². The molecule has 0 heterocycles. The lowest BCUT2D eigenvalue weighted by Gasteiger charge is -2.08. The van der Waals surface area contributed by atoms with E-state index in [0.717, 1.165) is 0 Å². The number of hydrogen-bond donors (Lipinski definition) is 1. The van der Waals surface area contributed by atoms with E-state index in [0.29, 0.717) is 34.5 Å². The van der Waals surface area contributed by atoms with Crippen molar-refractivity contribution in [1.82, 2.24) is 5.32 Å². The molecule has 1 amide bonds. The van der Waals surface area contributed by atoms with Crippen molar-refractivity contribution in [3.8, 4) is 5.75 Å². The highest BCUT2D eigenvalue weighted by Gasteiger charge is 2.09. The number of esters is 1. The maximum atomic E-state index is 11.7. The van der Waals surface area contributed by atoms with E-state index in [4.69, 9.17) is 32.7 Å². The van der Waals surface area contributed by atoms with Gasteiger partial charge in [0.25, 0.3) is 5.91 Å². The van der Waals surface area contributed by atoms with Crippen LogP contribution in [0.1, 0.15) is 10.4 Å². The summed E-state index contributed by atoms with van der Waals surface area (Å²) in [4.78, 5) is 23.3. The summed E-state index contributed by atoms with van der Waals surface area (Å²) in [7, 11) is 0. The highest BCUT2D eigenvalue weighted by Crippen LogP contribution is 2.15. The van der Waals surface area contributed by atoms with Gasteiger partial charge < -0.3 is 14.8 Å². The number of carbonyl (C=O) groups is 2. The first-order valence-electron chi connectivity index (χ1n) is 7.12. The fourth-order valence-corrected chi connectivity index (χ4v) is 1.99. The van der Waals surface area contributed by atoms with Crippen molar-refractivity contribution >= 4 is 35.1 Å². The van der Waals surface area contributed by atoms with Crippen LogP contribution in [0, 0.1) is 0 Å². The summed E-state index contributed by atoms with van der Waals surface area (Å²) in [5.41, 5.74) is 0.332. The van der Waals surface area contributed by atoms with Gasteiger partial charge in [-0.05, 0) is 48.5 Å². The molecule has 0 unspecified atom stereocenters. The Morgan fingerprint density at radius 2 is 1.50 bits per heavy atom. The molecule has 7 heteroatoms. The SMILES string of the molecule is O=C(COC(=O)c1ccc(Cl)cc1)NCCOc1ccc(Cl)cc1. The fraction of sp³-hybridized carbons (Fsp3) is 0.176.